The van der Waals surface area contributed by atoms with Crippen molar-refractivity contribution in [1.29, 1.82) is 0 Å². The number of thioether (sulfide) groups is 1. The summed E-state index contributed by atoms with van der Waals surface area (Å²) in [5, 5.41) is 2.39. The summed E-state index contributed by atoms with van der Waals surface area (Å²) in [5.41, 5.74) is 7.15. The lowest BCUT2D eigenvalue weighted by molar-refractivity contribution is -0.128. The summed E-state index contributed by atoms with van der Waals surface area (Å²) in [4.78, 5) is 24.4. The summed E-state index contributed by atoms with van der Waals surface area (Å²) in [5.74, 6) is -0.383. The van der Waals surface area contributed by atoms with Crippen LogP contribution in [0.5, 0.6) is 0 Å². The van der Waals surface area contributed by atoms with Gasteiger partial charge < -0.3 is 5.73 Å². The number of nitrogens with one attached hydrogen (secondary N) is 1. The van der Waals surface area contributed by atoms with Crippen LogP contribution < -0.4 is 11.1 Å². The first-order chi connectivity index (χ1) is 10.1. The van der Waals surface area contributed by atoms with Gasteiger partial charge in [0.15, 0.2) is 0 Å². The predicted molar refractivity (Wildman–Crippen MR) is 84.9 cm³/mol. The number of carbonyl (C=O) groups excluding carboxylic acids is 2. The van der Waals surface area contributed by atoms with Crippen LogP contribution in [0.1, 0.15) is 5.56 Å². The maximum atomic E-state index is 11.7. The minimum atomic E-state index is -0.294. The van der Waals surface area contributed by atoms with Gasteiger partial charge in [-0.2, -0.15) is 0 Å². The van der Waals surface area contributed by atoms with Crippen LogP contribution in [0.2, 0.25) is 0 Å². The lowest BCUT2D eigenvalue weighted by atomic mass is 10.1. The summed E-state index contributed by atoms with van der Waals surface area (Å²) in [6.07, 6.45) is 0.207. The van der Waals surface area contributed by atoms with Crippen molar-refractivity contribution >= 4 is 29.3 Å². The summed E-state index contributed by atoms with van der Waals surface area (Å²) < 4.78 is 0. The molecule has 2 amide bonds. The molecule has 0 aliphatic carbocycles. The highest BCUT2D eigenvalue weighted by atomic mass is 32.2. The highest BCUT2D eigenvalue weighted by Gasteiger charge is 2.09. The normalized spacial score (nSPS) is 10.1. The molecule has 0 atom stereocenters. The zero-order valence-electron chi connectivity index (χ0n) is 11.4. The molecule has 21 heavy (non-hydrogen) atoms. The maximum absolute atomic E-state index is 11.7. The summed E-state index contributed by atoms with van der Waals surface area (Å²) in [7, 11) is 0. The van der Waals surface area contributed by atoms with E-state index in [0.29, 0.717) is 5.69 Å². The SMILES string of the molecule is Nc1ccc(SCC(=O)NC(=O)Cc2ccccc2)cc1. The van der Waals surface area contributed by atoms with Crippen molar-refractivity contribution < 1.29 is 9.59 Å². The van der Waals surface area contributed by atoms with Gasteiger partial charge in [-0.25, -0.2) is 0 Å². The highest BCUT2D eigenvalue weighted by molar-refractivity contribution is 8.00. The molecule has 0 heterocycles. The molecule has 3 N–H and O–H groups in total. The van der Waals surface area contributed by atoms with E-state index in [-0.39, 0.29) is 24.0 Å². The molecule has 2 aromatic rings. The fourth-order valence-electron chi connectivity index (χ4n) is 1.73. The van der Waals surface area contributed by atoms with Gasteiger partial charge in [0.2, 0.25) is 11.8 Å². The Balaban J connectivity index is 1.76. The summed E-state index contributed by atoms with van der Waals surface area (Å²) in [6.45, 7) is 0. The molecule has 2 rings (SSSR count). The molecule has 0 aromatic heterocycles. The largest absolute Gasteiger partial charge is 0.399 e. The molecule has 5 heteroatoms. The third-order valence-corrected chi connectivity index (χ3v) is 3.75. The van der Waals surface area contributed by atoms with Crippen LogP contribution in [0.3, 0.4) is 0 Å². The first kappa shape index (κ1) is 15.1. The Morgan fingerprint density at radius 3 is 2.29 bits per heavy atom. The molecule has 0 unspecified atom stereocenters. The molecule has 0 radical (unpaired) electrons. The van der Waals surface area contributed by atoms with Crippen LogP contribution in [-0.4, -0.2) is 17.6 Å². The number of hydrogen-bond donors (Lipinski definition) is 2. The summed E-state index contributed by atoms with van der Waals surface area (Å²) >= 11 is 1.37. The average molecular weight is 300 g/mol. The molecule has 0 aliphatic heterocycles. The zero-order valence-corrected chi connectivity index (χ0v) is 12.2. The van der Waals surface area contributed by atoms with E-state index in [0.717, 1.165) is 10.5 Å². The van der Waals surface area contributed by atoms with Crippen LogP contribution in [0.4, 0.5) is 5.69 Å². The van der Waals surface area contributed by atoms with Gasteiger partial charge >= 0.3 is 0 Å². The van der Waals surface area contributed by atoms with Gasteiger partial charge in [0.25, 0.3) is 0 Å². The second kappa shape index (κ2) is 7.50. The van der Waals surface area contributed by atoms with Crippen molar-refractivity contribution in [3.8, 4) is 0 Å². The van der Waals surface area contributed by atoms with Crippen molar-refractivity contribution in [3.05, 3.63) is 60.2 Å². The number of imide groups is 1. The second-order valence-electron chi connectivity index (χ2n) is 4.49. The van der Waals surface area contributed by atoms with Crippen LogP contribution >= 0.6 is 11.8 Å². The van der Waals surface area contributed by atoms with Gasteiger partial charge in [-0.05, 0) is 29.8 Å². The lowest BCUT2D eigenvalue weighted by Gasteiger charge is -2.05. The number of nitrogens with two attached hydrogens (primary N) is 1. The molecule has 0 bridgehead atoms. The van der Waals surface area contributed by atoms with Gasteiger partial charge in [-0.3, -0.25) is 14.9 Å². The van der Waals surface area contributed by atoms with E-state index in [4.69, 9.17) is 5.73 Å². The van der Waals surface area contributed by atoms with Gasteiger partial charge in [0.05, 0.1) is 12.2 Å². The molecule has 2 aromatic carbocycles. The van der Waals surface area contributed by atoms with E-state index >= 15 is 0 Å². The minimum absolute atomic E-state index is 0.199. The highest BCUT2D eigenvalue weighted by Crippen LogP contribution is 2.18. The van der Waals surface area contributed by atoms with Gasteiger partial charge in [0, 0.05) is 10.6 Å². The Morgan fingerprint density at radius 2 is 1.62 bits per heavy atom. The Morgan fingerprint density at radius 1 is 0.952 bits per heavy atom. The average Bonchev–Trinajstić information content (AvgIpc) is 2.47. The molecule has 0 saturated carbocycles. The number of amides is 2. The van der Waals surface area contributed by atoms with Crippen molar-refractivity contribution in [2.24, 2.45) is 0 Å². The number of carbonyl (C=O) groups is 2. The predicted octanol–water partition coefficient (Wildman–Crippen LogP) is 2.25. The molecule has 0 aliphatic rings. The van der Waals surface area contributed by atoms with Crippen molar-refractivity contribution in [2.75, 3.05) is 11.5 Å². The number of rotatable bonds is 5. The molecule has 0 fully saturated rings. The van der Waals surface area contributed by atoms with Gasteiger partial charge in [-0.1, -0.05) is 30.3 Å². The molecule has 0 saturated heterocycles. The second-order valence-corrected chi connectivity index (χ2v) is 5.54. The van der Waals surface area contributed by atoms with E-state index < -0.39 is 0 Å². The van der Waals surface area contributed by atoms with Crippen LogP contribution in [0.15, 0.2) is 59.5 Å². The zero-order chi connectivity index (χ0) is 15.1. The van der Waals surface area contributed by atoms with E-state index in [9.17, 15) is 9.59 Å². The summed E-state index contributed by atoms with van der Waals surface area (Å²) in [6, 6.07) is 16.6. The number of anilines is 1. The Hall–Kier alpha value is -2.27. The fraction of sp³-hybridized carbons (Fsp3) is 0.125. The first-order valence-electron chi connectivity index (χ1n) is 6.48. The van der Waals surface area contributed by atoms with Crippen molar-refractivity contribution in [2.45, 2.75) is 11.3 Å². The van der Waals surface area contributed by atoms with Gasteiger partial charge in [0.1, 0.15) is 0 Å². The first-order valence-corrected chi connectivity index (χ1v) is 7.47. The Labute approximate surface area is 127 Å². The quantitative estimate of drug-likeness (QED) is 0.656. The van der Waals surface area contributed by atoms with Crippen LogP contribution in [0.25, 0.3) is 0 Å². The monoisotopic (exact) mass is 300 g/mol. The third-order valence-electron chi connectivity index (χ3n) is 2.74. The maximum Gasteiger partial charge on any atom is 0.236 e. The van der Waals surface area contributed by atoms with Crippen LogP contribution in [-0.2, 0) is 16.0 Å². The minimum Gasteiger partial charge on any atom is -0.399 e. The number of hydrogen-bond acceptors (Lipinski definition) is 4. The van der Waals surface area contributed by atoms with E-state index in [1.165, 1.54) is 11.8 Å². The van der Waals surface area contributed by atoms with Gasteiger partial charge in [-0.15, -0.1) is 11.8 Å². The topological polar surface area (TPSA) is 72.2 Å². The smallest absolute Gasteiger partial charge is 0.236 e. The molecule has 4 nitrogen and oxygen atoms in total. The standard InChI is InChI=1S/C16H16N2O2S/c17-13-6-8-14(9-7-13)21-11-16(20)18-15(19)10-12-4-2-1-3-5-12/h1-9H,10-11,17H2,(H,18,19,20). The Bertz CT molecular complexity index is 612. The van der Waals surface area contributed by atoms with E-state index in [1.807, 2.05) is 42.5 Å². The number of nitrogen functional groups attached to an aromatic ring is 1. The Kier molecular flexibility index (Phi) is 5.40. The van der Waals surface area contributed by atoms with Crippen molar-refractivity contribution in [3.63, 3.8) is 0 Å². The number of benzene rings is 2. The molecular formula is C16H16N2O2S. The molecule has 0 spiro atoms. The molecular weight excluding hydrogens is 284 g/mol. The fourth-order valence-corrected chi connectivity index (χ4v) is 2.43. The van der Waals surface area contributed by atoms with Crippen molar-refractivity contribution in [1.82, 2.24) is 5.32 Å². The lowest BCUT2D eigenvalue weighted by Crippen LogP contribution is -2.33. The van der Waals surface area contributed by atoms with Crippen LogP contribution in [0, 0.1) is 0 Å². The molecule has 108 valence electrons. The van der Waals surface area contributed by atoms with E-state index in [2.05, 4.69) is 5.32 Å². The van der Waals surface area contributed by atoms with E-state index in [1.54, 1.807) is 12.1 Å². The third kappa shape index (κ3) is 5.31.